The van der Waals surface area contributed by atoms with E-state index in [-0.39, 0.29) is 11.5 Å². The van der Waals surface area contributed by atoms with Crippen molar-refractivity contribution in [2.24, 2.45) is 5.10 Å². The zero-order chi connectivity index (χ0) is 17.6. The maximum atomic E-state index is 12.9. The summed E-state index contributed by atoms with van der Waals surface area (Å²) in [7, 11) is 0. The van der Waals surface area contributed by atoms with E-state index in [0.717, 1.165) is 5.56 Å². The van der Waals surface area contributed by atoms with Crippen LogP contribution in [0, 0.1) is 5.82 Å². The van der Waals surface area contributed by atoms with Crippen molar-refractivity contribution in [1.29, 1.82) is 0 Å². The molecule has 0 fully saturated rings. The minimum absolute atomic E-state index is 0.0545. The number of hydrogen-bond acceptors (Lipinski definition) is 5. The number of rotatable bonds is 6. The van der Waals surface area contributed by atoms with Crippen molar-refractivity contribution in [1.82, 2.24) is 15.1 Å². The first-order valence-corrected chi connectivity index (χ1v) is 8.62. The van der Waals surface area contributed by atoms with E-state index < -0.39 is 5.24 Å². The lowest BCUT2D eigenvalue weighted by Crippen LogP contribution is -1.98. The van der Waals surface area contributed by atoms with Crippen molar-refractivity contribution in [3.05, 3.63) is 77.2 Å². The highest BCUT2D eigenvalue weighted by Gasteiger charge is 2.18. The van der Waals surface area contributed by atoms with Crippen LogP contribution in [0.1, 0.15) is 21.6 Å². The Balaban J connectivity index is 1.83. The van der Waals surface area contributed by atoms with E-state index in [9.17, 15) is 9.18 Å². The van der Waals surface area contributed by atoms with Crippen LogP contribution in [0.3, 0.4) is 0 Å². The van der Waals surface area contributed by atoms with Gasteiger partial charge in [0.2, 0.25) is 0 Å². The first-order valence-electron chi connectivity index (χ1n) is 7.25. The van der Waals surface area contributed by atoms with E-state index in [0.29, 0.717) is 16.3 Å². The van der Waals surface area contributed by atoms with Crippen molar-refractivity contribution in [3.63, 3.8) is 0 Å². The van der Waals surface area contributed by atoms with E-state index in [1.54, 1.807) is 12.1 Å². The molecule has 25 heavy (non-hydrogen) atoms. The molecular formula is C17H12ClFN4OS. The molecule has 0 amide bonds. The first-order chi connectivity index (χ1) is 12.1. The summed E-state index contributed by atoms with van der Waals surface area (Å²) in [5, 5.41) is 11.6. The third kappa shape index (κ3) is 4.52. The third-order valence-electron chi connectivity index (χ3n) is 3.20. The van der Waals surface area contributed by atoms with Gasteiger partial charge in [0.25, 0.3) is 5.24 Å². The molecule has 3 rings (SSSR count). The molecule has 0 radical (unpaired) electrons. The molecule has 126 valence electrons. The standard InChI is InChI=1S/C17H12ClFN4OS/c18-16(24)15-17(25-11-13-4-2-1-3-5-13)23(22-21-15)20-10-12-6-8-14(19)9-7-12/h1-10H,11H2/b20-10+. The monoisotopic (exact) mass is 374 g/mol. The van der Waals surface area contributed by atoms with Crippen LogP contribution in [0.25, 0.3) is 0 Å². The molecule has 0 saturated heterocycles. The highest BCUT2D eigenvalue weighted by Crippen LogP contribution is 2.26. The van der Waals surface area contributed by atoms with E-state index in [1.807, 2.05) is 30.3 Å². The van der Waals surface area contributed by atoms with Gasteiger partial charge in [-0.1, -0.05) is 54.2 Å². The van der Waals surface area contributed by atoms with Gasteiger partial charge in [0, 0.05) is 5.75 Å². The van der Waals surface area contributed by atoms with E-state index in [4.69, 9.17) is 11.6 Å². The molecule has 0 N–H and O–H groups in total. The Morgan fingerprint density at radius 2 is 1.92 bits per heavy atom. The molecule has 1 heterocycles. The summed E-state index contributed by atoms with van der Waals surface area (Å²) >= 11 is 6.93. The second-order valence-electron chi connectivity index (χ2n) is 4.98. The summed E-state index contributed by atoms with van der Waals surface area (Å²) in [5.74, 6) is 0.282. The van der Waals surface area contributed by atoms with Crippen molar-refractivity contribution >= 4 is 34.8 Å². The van der Waals surface area contributed by atoms with Gasteiger partial charge in [-0.25, -0.2) is 4.39 Å². The van der Waals surface area contributed by atoms with Gasteiger partial charge in [-0.3, -0.25) is 4.79 Å². The molecule has 1 aromatic heterocycles. The molecule has 0 atom stereocenters. The van der Waals surface area contributed by atoms with Gasteiger partial charge < -0.3 is 0 Å². The minimum atomic E-state index is -0.696. The number of nitrogens with zero attached hydrogens (tertiary/aromatic N) is 4. The van der Waals surface area contributed by atoms with Crippen LogP contribution >= 0.6 is 23.4 Å². The lowest BCUT2D eigenvalue weighted by Gasteiger charge is -2.02. The molecule has 0 saturated carbocycles. The summed E-state index contributed by atoms with van der Waals surface area (Å²) in [5.41, 5.74) is 1.82. The van der Waals surface area contributed by atoms with Crippen LogP contribution in [-0.4, -0.2) is 26.6 Å². The molecule has 0 aliphatic heterocycles. The number of halogens is 2. The van der Waals surface area contributed by atoms with Crippen molar-refractivity contribution in [2.75, 3.05) is 0 Å². The SMILES string of the molecule is O=C(Cl)c1nnn(/N=C/c2ccc(F)cc2)c1SCc1ccccc1. The normalized spacial score (nSPS) is 11.1. The number of aromatic nitrogens is 3. The molecule has 0 bridgehead atoms. The topological polar surface area (TPSA) is 60.1 Å². The molecule has 0 unspecified atom stereocenters. The summed E-state index contributed by atoms with van der Waals surface area (Å²) in [6, 6.07) is 15.6. The van der Waals surface area contributed by atoms with E-state index in [1.165, 1.54) is 34.9 Å². The highest BCUT2D eigenvalue weighted by atomic mass is 35.5. The average molecular weight is 375 g/mol. The van der Waals surface area contributed by atoms with Crippen LogP contribution in [-0.2, 0) is 5.75 Å². The van der Waals surface area contributed by atoms with Gasteiger partial charge in [0.05, 0.1) is 6.21 Å². The molecule has 0 aliphatic carbocycles. The predicted octanol–water partition coefficient (Wildman–Crippen LogP) is 3.97. The Morgan fingerprint density at radius 1 is 1.20 bits per heavy atom. The second kappa shape index (κ2) is 8.04. The fourth-order valence-electron chi connectivity index (χ4n) is 1.99. The Labute approximate surface area is 152 Å². The molecule has 5 nitrogen and oxygen atoms in total. The number of benzene rings is 2. The Bertz CT molecular complexity index is 897. The average Bonchev–Trinajstić information content (AvgIpc) is 3.03. The van der Waals surface area contributed by atoms with Crippen LogP contribution in [0.4, 0.5) is 4.39 Å². The van der Waals surface area contributed by atoms with Crippen LogP contribution < -0.4 is 0 Å². The Morgan fingerprint density at radius 3 is 2.60 bits per heavy atom. The van der Waals surface area contributed by atoms with Gasteiger partial charge >= 0.3 is 0 Å². The fourth-order valence-corrected chi connectivity index (χ4v) is 3.13. The maximum absolute atomic E-state index is 12.9. The number of carbonyl (C=O) groups is 1. The van der Waals surface area contributed by atoms with Crippen LogP contribution in [0.5, 0.6) is 0 Å². The minimum Gasteiger partial charge on any atom is -0.274 e. The first kappa shape index (κ1) is 17.3. The van der Waals surface area contributed by atoms with Crippen LogP contribution in [0.15, 0.2) is 64.7 Å². The smallest absolute Gasteiger partial charge is 0.274 e. The Kier molecular flexibility index (Phi) is 5.57. The number of thioether (sulfide) groups is 1. The van der Waals surface area contributed by atoms with Crippen LogP contribution in [0.2, 0.25) is 0 Å². The molecule has 3 aromatic rings. The van der Waals surface area contributed by atoms with Gasteiger partial charge in [-0.05, 0) is 40.1 Å². The second-order valence-corrected chi connectivity index (χ2v) is 6.28. The zero-order valence-corrected chi connectivity index (χ0v) is 14.4. The van der Waals surface area contributed by atoms with E-state index >= 15 is 0 Å². The zero-order valence-electron chi connectivity index (χ0n) is 12.8. The number of hydrogen-bond donors (Lipinski definition) is 0. The Hall–Kier alpha value is -2.51. The van der Waals surface area contributed by atoms with Gasteiger partial charge in [0.15, 0.2) is 10.7 Å². The third-order valence-corrected chi connectivity index (χ3v) is 4.49. The quantitative estimate of drug-likeness (QED) is 0.372. The number of carbonyl (C=O) groups excluding carboxylic acids is 1. The fraction of sp³-hybridized carbons (Fsp3) is 0.0588. The lowest BCUT2D eigenvalue weighted by molar-refractivity contribution is 0.107. The van der Waals surface area contributed by atoms with Crippen molar-refractivity contribution < 1.29 is 9.18 Å². The molecule has 0 aliphatic rings. The molecule has 8 heteroatoms. The summed E-state index contributed by atoms with van der Waals surface area (Å²) < 4.78 is 12.9. The largest absolute Gasteiger partial charge is 0.275 e. The maximum Gasteiger partial charge on any atom is 0.275 e. The molecule has 2 aromatic carbocycles. The van der Waals surface area contributed by atoms with Gasteiger partial charge in [0.1, 0.15) is 5.82 Å². The van der Waals surface area contributed by atoms with Gasteiger partial charge in [-0.15, -0.1) is 9.89 Å². The lowest BCUT2D eigenvalue weighted by atomic mass is 10.2. The van der Waals surface area contributed by atoms with Crippen molar-refractivity contribution in [2.45, 2.75) is 10.8 Å². The summed E-state index contributed by atoms with van der Waals surface area (Å²) in [4.78, 5) is 12.8. The predicted molar refractivity (Wildman–Crippen MR) is 95.6 cm³/mol. The molecule has 0 spiro atoms. The molecular weight excluding hydrogens is 363 g/mol. The summed E-state index contributed by atoms with van der Waals surface area (Å²) in [6.07, 6.45) is 1.50. The van der Waals surface area contributed by atoms with E-state index in [2.05, 4.69) is 15.4 Å². The van der Waals surface area contributed by atoms with Gasteiger partial charge in [-0.2, -0.15) is 5.10 Å². The highest BCUT2D eigenvalue weighted by molar-refractivity contribution is 7.98. The van der Waals surface area contributed by atoms with Crippen molar-refractivity contribution in [3.8, 4) is 0 Å². The summed E-state index contributed by atoms with van der Waals surface area (Å²) in [6.45, 7) is 0.